The lowest BCUT2D eigenvalue weighted by atomic mass is 9.89. The van der Waals surface area contributed by atoms with Crippen molar-refractivity contribution >= 4 is 15.9 Å². The summed E-state index contributed by atoms with van der Waals surface area (Å²) in [6.07, 6.45) is 0.982. The molecule has 0 amide bonds. The second kappa shape index (κ2) is 6.13. The molecule has 2 aromatic rings. The lowest BCUT2D eigenvalue weighted by Gasteiger charge is -2.20. The zero-order valence-electron chi connectivity index (χ0n) is 10.3. The first-order valence-corrected chi connectivity index (χ1v) is 6.72. The molecule has 98 valence electrons. The average molecular weight is 321 g/mol. The number of hydrogen-bond donors (Lipinski definition) is 1. The van der Waals surface area contributed by atoms with Crippen molar-refractivity contribution in [2.24, 2.45) is 0 Å². The van der Waals surface area contributed by atoms with Gasteiger partial charge in [0.05, 0.1) is 6.10 Å². The highest BCUT2D eigenvalue weighted by Gasteiger charge is 2.19. The molecule has 0 saturated carbocycles. The van der Waals surface area contributed by atoms with Crippen LogP contribution in [0.25, 0.3) is 0 Å². The Balaban J connectivity index is 2.28. The van der Waals surface area contributed by atoms with Gasteiger partial charge in [0.15, 0.2) is 0 Å². The number of aliphatic hydroxyl groups is 1. The first-order chi connectivity index (χ1) is 9.11. The monoisotopic (exact) mass is 320 g/mol. The van der Waals surface area contributed by atoms with E-state index in [0.717, 1.165) is 15.6 Å². The van der Waals surface area contributed by atoms with E-state index in [1.165, 1.54) is 12.1 Å². The predicted molar refractivity (Wildman–Crippen MR) is 78.4 cm³/mol. The quantitative estimate of drug-likeness (QED) is 0.817. The molecule has 0 heterocycles. The zero-order valence-corrected chi connectivity index (χ0v) is 11.8. The summed E-state index contributed by atoms with van der Waals surface area (Å²) in [4.78, 5) is 0. The van der Waals surface area contributed by atoms with Crippen LogP contribution in [0.15, 0.2) is 65.7 Å². The Morgan fingerprint density at radius 1 is 1.00 bits per heavy atom. The Morgan fingerprint density at radius 2 is 1.53 bits per heavy atom. The van der Waals surface area contributed by atoms with E-state index in [2.05, 4.69) is 22.5 Å². The van der Waals surface area contributed by atoms with Crippen LogP contribution in [0.2, 0.25) is 0 Å². The fourth-order valence-electron chi connectivity index (χ4n) is 2.00. The molecule has 0 bridgehead atoms. The van der Waals surface area contributed by atoms with Gasteiger partial charge in [0, 0.05) is 10.4 Å². The predicted octanol–water partition coefficient (Wildman–Crippen LogP) is 4.59. The van der Waals surface area contributed by atoms with Crippen LogP contribution in [0.5, 0.6) is 0 Å². The zero-order chi connectivity index (χ0) is 13.8. The van der Waals surface area contributed by atoms with Gasteiger partial charge in [-0.2, -0.15) is 0 Å². The van der Waals surface area contributed by atoms with Crippen LogP contribution in [0, 0.1) is 5.82 Å². The molecule has 2 rings (SSSR count). The molecular formula is C16H14BrFO. The summed E-state index contributed by atoms with van der Waals surface area (Å²) in [6, 6.07) is 13.6. The van der Waals surface area contributed by atoms with Gasteiger partial charge in [-0.15, -0.1) is 6.58 Å². The minimum absolute atomic E-state index is 0.262. The molecule has 2 unspecified atom stereocenters. The third kappa shape index (κ3) is 3.31. The topological polar surface area (TPSA) is 20.2 Å². The SMILES string of the molecule is C=CC(c1ccc(F)cc1)C(O)c1ccc(Br)cc1. The molecule has 2 atom stereocenters. The number of rotatable bonds is 4. The summed E-state index contributed by atoms with van der Waals surface area (Å²) in [5.41, 5.74) is 1.64. The summed E-state index contributed by atoms with van der Waals surface area (Å²) < 4.78 is 13.9. The minimum atomic E-state index is -0.698. The molecule has 0 fully saturated rings. The minimum Gasteiger partial charge on any atom is -0.387 e. The molecule has 1 N–H and O–H groups in total. The molecule has 0 aromatic heterocycles. The van der Waals surface area contributed by atoms with Gasteiger partial charge in [-0.05, 0) is 35.4 Å². The Hall–Kier alpha value is -1.45. The first-order valence-electron chi connectivity index (χ1n) is 5.93. The van der Waals surface area contributed by atoms with Crippen molar-refractivity contribution in [2.75, 3.05) is 0 Å². The molecule has 0 saturated heterocycles. The summed E-state index contributed by atoms with van der Waals surface area (Å²) in [6.45, 7) is 3.76. The summed E-state index contributed by atoms with van der Waals surface area (Å²) in [7, 11) is 0. The van der Waals surface area contributed by atoms with Crippen molar-refractivity contribution in [1.82, 2.24) is 0 Å². The maximum Gasteiger partial charge on any atom is 0.123 e. The Kier molecular flexibility index (Phi) is 4.51. The lowest BCUT2D eigenvalue weighted by Crippen LogP contribution is -2.08. The molecule has 0 aliphatic heterocycles. The number of aliphatic hydroxyl groups excluding tert-OH is 1. The van der Waals surface area contributed by atoms with Crippen molar-refractivity contribution in [3.8, 4) is 0 Å². The normalized spacial score (nSPS) is 13.8. The highest BCUT2D eigenvalue weighted by molar-refractivity contribution is 9.10. The molecule has 0 spiro atoms. The van der Waals surface area contributed by atoms with Gasteiger partial charge in [0.25, 0.3) is 0 Å². The van der Waals surface area contributed by atoms with Crippen LogP contribution in [0.4, 0.5) is 4.39 Å². The van der Waals surface area contributed by atoms with Crippen LogP contribution in [-0.4, -0.2) is 5.11 Å². The maximum atomic E-state index is 12.9. The van der Waals surface area contributed by atoms with Crippen LogP contribution in [0.3, 0.4) is 0 Å². The average Bonchev–Trinajstić information content (AvgIpc) is 2.42. The standard InChI is InChI=1S/C16H14BrFO/c1-2-15(11-5-9-14(18)10-6-11)16(19)12-3-7-13(17)8-4-12/h2-10,15-16,19H,1H2. The molecular weight excluding hydrogens is 307 g/mol. The Morgan fingerprint density at radius 3 is 2.05 bits per heavy atom. The van der Waals surface area contributed by atoms with E-state index in [0.29, 0.717) is 0 Å². The third-order valence-electron chi connectivity index (χ3n) is 3.06. The number of halogens is 2. The van der Waals surface area contributed by atoms with Gasteiger partial charge in [-0.25, -0.2) is 4.39 Å². The van der Waals surface area contributed by atoms with Crippen molar-refractivity contribution in [2.45, 2.75) is 12.0 Å². The molecule has 0 aliphatic carbocycles. The molecule has 0 radical (unpaired) electrons. The second-order valence-electron chi connectivity index (χ2n) is 4.31. The highest BCUT2D eigenvalue weighted by Crippen LogP contribution is 2.32. The van der Waals surface area contributed by atoms with E-state index in [1.54, 1.807) is 18.2 Å². The molecule has 19 heavy (non-hydrogen) atoms. The van der Waals surface area contributed by atoms with Crippen LogP contribution in [0.1, 0.15) is 23.1 Å². The highest BCUT2D eigenvalue weighted by atomic mass is 79.9. The van der Waals surface area contributed by atoms with Crippen LogP contribution in [-0.2, 0) is 0 Å². The van der Waals surface area contributed by atoms with Gasteiger partial charge < -0.3 is 5.11 Å². The van der Waals surface area contributed by atoms with Gasteiger partial charge in [-0.1, -0.05) is 46.3 Å². The second-order valence-corrected chi connectivity index (χ2v) is 5.23. The summed E-state index contributed by atoms with van der Waals surface area (Å²) in [5.74, 6) is -0.550. The van der Waals surface area contributed by atoms with Gasteiger partial charge in [-0.3, -0.25) is 0 Å². The van der Waals surface area contributed by atoms with E-state index in [4.69, 9.17) is 0 Å². The van der Waals surface area contributed by atoms with Gasteiger partial charge in [0.2, 0.25) is 0 Å². The fraction of sp³-hybridized carbons (Fsp3) is 0.125. The fourth-order valence-corrected chi connectivity index (χ4v) is 2.26. The van der Waals surface area contributed by atoms with Crippen molar-refractivity contribution < 1.29 is 9.50 Å². The Labute approximate surface area is 120 Å². The van der Waals surface area contributed by atoms with Crippen molar-refractivity contribution in [1.29, 1.82) is 0 Å². The van der Waals surface area contributed by atoms with E-state index in [-0.39, 0.29) is 11.7 Å². The third-order valence-corrected chi connectivity index (χ3v) is 3.59. The smallest absolute Gasteiger partial charge is 0.123 e. The molecule has 3 heteroatoms. The largest absolute Gasteiger partial charge is 0.387 e. The first kappa shape index (κ1) is 14.0. The van der Waals surface area contributed by atoms with E-state index in [1.807, 2.05) is 24.3 Å². The van der Waals surface area contributed by atoms with Crippen molar-refractivity contribution in [3.63, 3.8) is 0 Å². The van der Waals surface area contributed by atoms with E-state index >= 15 is 0 Å². The van der Waals surface area contributed by atoms with Gasteiger partial charge in [0.1, 0.15) is 5.82 Å². The molecule has 2 aromatic carbocycles. The lowest BCUT2D eigenvalue weighted by molar-refractivity contribution is 0.162. The van der Waals surface area contributed by atoms with Gasteiger partial charge >= 0.3 is 0 Å². The van der Waals surface area contributed by atoms with Crippen molar-refractivity contribution in [3.05, 3.63) is 82.6 Å². The summed E-state index contributed by atoms with van der Waals surface area (Å²) >= 11 is 3.36. The van der Waals surface area contributed by atoms with E-state index in [9.17, 15) is 9.50 Å². The summed E-state index contributed by atoms with van der Waals surface area (Å²) in [5, 5.41) is 10.4. The number of benzene rings is 2. The number of hydrogen-bond acceptors (Lipinski definition) is 1. The molecule has 1 nitrogen and oxygen atoms in total. The maximum absolute atomic E-state index is 12.9. The van der Waals surface area contributed by atoms with E-state index < -0.39 is 6.10 Å². The van der Waals surface area contributed by atoms with Crippen LogP contribution < -0.4 is 0 Å². The Bertz CT molecular complexity index is 548. The molecule has 0 aliphatic rings. The van der Waals surface area contributed by atoms with Crippen LogP contribution >= 0.6 is 15.9 Å².